The topological polar surface area (TPSA) is 54.5 Å². The van der Waals surface area contributed by atoms with Crippen LogP contribution in [-0.4, -0.2) is 42.0 Å². The zero-order chi connectivity index (χ0) is 27.7. The molecule has 1 amide bonds. The summed E-state index contributed by atoms with van der Waals surface area (Å²) in [7, 11) is 3.47. The van der Waals surface area contributed by atoms with E-state index in [4.69, 9.17) is 16.3 Å². The minimum absolute atomic E-state index is 0.0153. The van der Waals surface area contributed by atoms with Crippen LogP contribution in [0.3, 0.4) is 0 Å². The maximum absolute atomic E-state index is 14.6. The molecule has 1 fully saturated rings. The van der Waals surface area contributed by atoms with Gasteiger partial charge in [0.25, 0.3) is 5.91 Å². The average Bonchev–Trinajstić information content (AvgIpc) is 3.31. The number of amides is 1. The third-order valence-electron chi connectivity index (χ3n) is 7.36. The summed E-state index contributed by atoms with van der Waals surface area (Å²) in [5, 5.41) is 3.14. The number of nitrogens with one attached hydrogen (secondary N) is 1. The van der Waals surface area contributed by atoms with Gasteiger partial charge in [0.1, 0.15) is 22.3 Å². The van der Waals surface area contributed by atoms with E-state index < -0.39 is 23.5 Å². The highest BCUT2D eigenvalue weighted by Gasteiger charge is 2.33. The molecule has 2 aromatic heterocycles. The number of ether oxygens (including phenoxy) is 1. The molecule has 0 bridgehead atoms. The van der Waals surface area contributed by atoms with Gasteiger partial charge in [-0.3, -0.25) is 4.79 Å². The van der Waals surface area contributed by atoms with E-state index in [-0.39, 0.29) is 32.6 Å². The van der Waals surface area contributed by atoms with E-state index in [1.54, 1.807) is 24.1 Å². The van der Waals surface area contributed by atoms with Gasteiger partial charge in [-0.1, -0.05) is 17.7 Å². The van der Waals surface area contributed by atoms with Crippen molar-refractivity contribution < 1.29 is 22.7 Å². The van der Waals surface area contributed by atoms with E-state index in [0.29, 0.717) is 22.9 Å². The van der Waals surface area contributed by atoms with Crippen LogP contribution in [0.5, 0.6) is 5.75 Å². The molecule has 1 saturated carbocycles. The molecule has 2 heterocycles. The lowest BCUT2D eigenvalue weighted by Crippen LogP contribution is -2.44. The average molecular weight is 574 g/mol. The Kier molecular flexibility index (Phi) is 8.11. The summed E-state index contributed by atoms with van der Waals surface area (Å²) in [5.41, 5.74) is 2.09. The Bertz CT molecular complexity index is 1520. The van der Waals surface area contributed by atoms with E-state index in [1.165, 1.54) is 12.3 Å². The van der Waals surface area contributed by atoms with Gasteiger partial charge in [-0.15, -0.1) is 11.3 Å². The number of aromatic nitrogens is 1. The number of thiophene rings is 1. The van der Waals surface area contributed by atoms with Gasteiger partial charge in [0, 0.05) is 36.5 Å². The van der Waals surface area contributed by atoms with Gasteiger partial charge in [-0.2, -0.15) is 4.39 Å². The van der Waals surface area contributed by atoms with Crippen molar-refractivity contribution in [1.29, 1.82) is 0 Å². The van der Waals surface area contributed by atoms with Crippen LogP contribution in [-0.2, 0) is 6.54 Å². The largest absolute Gasteiger partial charge is 0.496 e. The van der Waals surface area contributed by atoms with Crippen LogP contribution in [0.4, 0.5) is 13.2 Å². The predicted molar refractivity (Wildman–Crippen MR) is 148 cm³/mol. The van der Waals surface area contributed by atoms with Gasteiger partial charge in [-0.25, -0.2) is 13.8 Å². The van der Waals surface area contributed by atoms with Gasteiger partial charge >= 0.3 is 0 Å². The monoisotopic (exact) mass is 573 g/mol. The minimum atomic E-state index is -0.674. The summed E-state index contributed by atoms with van der Waals surface area (Å²) >= 11 is 7.38. The Labute approximate surface area is 233 Å². The minimum Gasteiger partial charge on any atom is -0.496 e. The molecule has 0 atom stereocenters. The molecule has 204 valence electrons. The quantitative estimate of drug-likeness (QED) is 0.237. The van der Waals surface area contributed by atoms with Crippen molar-refractivity contribution in [2.45, 2.75) is 44.3 Å². The fraction of sp³-hybridized carbons (Fsp3) is 0.310. The third kappa shape index (κ3) is 5.48. The van der Waals surface area contributed by atoms with Crippen LogP contribution in [0.25, 0.3) is 21.2 Å². The second-order valence-electron chi connectivity index (χ2n) is 9.60. The van der Waals surface area contributed by atoms with Crippen LogP contribution < -0.4 is 10.1 Å². The van der Waals surface area contributed by atoms with E-state index in [2.05, 4.69) is 10.3 Å². The molecule has 5 nitrogen and oxygen atoms in total. The summed E-state index contributed by atoms with van der Waals surface area (Å²) in [6, 6.07) is 10.8. The fourth-order valence-electron chi connectivity index (χ4n) is 5.26. The molecule has 1 aliphatic carbocycles. The van der Waals surface area contributed by atoms with Gasteiger partial charge in [0.2, 0.25) is 5.95 Å². The molecule has 2 aromatic carbocycles. The number of nitrogens with zero attached hydrogens (tertiary/aromatic N) is 2. The highest BCUT2D eigenvalue weighted by atomic mass is 35.5. The highest BCUT2D eigenvalue weighted by Crippen LogP contribution is 2.40. The molecule has 0 saturated heterocycles. The number of methoxy groups -OCH3 is 1. The number of halogens is 4. The lowest BCUT2D eigenvalue weighted by Gasteiger charge is -2.37. The van der Waals surface area contributed by atoms with Crippen molar-refractivity contribution in [3.63, 3.8) is 0 Å². The number of fused-ring (bicyclic) bond motifs is 1. The second-order valence-corrected chi connectivity index (χ2v) is 11.0. The molecule has 0 spiro atoms. The Morgan fingerprint density at radius 2 is 1.79 bits per heavy atom. The van der Waals surface area contributed by atoms with Crippen molar-refractivity contribution in [3.05, 3.63) is 81.7 Å². The van der Waals surface area contributed by atoms with Crippen molar-refractivity contribution in [1.82, 2.24) is 15.2 Å². The Balaban J connectivity index is 1.56. The first-order valence-electron chi connectivity index (χ1n) is 12.6. The molecule has 0 aliphatic heterocycles. The Hall–Kier alpha value is -3.14. The summed E-state index contributed by atoms with van der Waals surface area (Å²) < 4.78 is 48.6. The normalized spacial score (nSPS) is 17.4. The Morgan fingerprint density at radius 1 is 1.08 bits per heavy atom. The molecule has 5 rings (SSSR count). The number of carbonyl (C=O) groups is 1. The molecule has 4 aromatic rings. The number of carbonyl (C=O) groups excluding carboxylic acids is 1. The summed E-state index contributed by atoms with van der Waals surface area (Å²) in [6.45, 7) is 0.174. The van der Waals surface area contributed by atoms with Crippen LogP contribution in [0, 0.1) is 17.6 Å². The third-order valence-corrected chi connectivity index (χ3v) is 9.04. The molecular weight excluding hydrogens is 547 g/mol. The summed E-state index contributed by atoms with van der Waals surface area (Å²) in [6.07, 6.45) is 4.65. The Morgan fingerprint density at radius 3 is 2.46 bits per heavy atom. The molecule has 1 N–H and O–H groups in total. The van der Waals surface area contributed by atoms with Gasteiger partial charge in [0.15, 0.2) is 0 Å². The number of hydrogen-bond donors (Lipinski definition) is 1. The van der Waals surface area contributed by atoms with Gasteiger partial charge in [0.05, 0.1) is 22.2 Å². The zero-order valence-electron chi connectivity index (χ0n) is 21.4. The maximum Gasteiger partial charge on any atom is 0.266 e. The zero-order valence-corrected chi connectivity index (χ0v) is 23.0. The molecule has 10 heteroatoms. The van der Waals surface area contributed by atoms with E-state index in [1.807, 2.05) is 19.2 Å². The second kappa shape index (κ2) is 11.5. The molecule has 0 unspecified atom stereocenters. The van der Waals surface area contributed by atoms with Crippen LogP contribution in [0.1, 0.15) is 40.9 Å². The first kappa shape index (κ1) is 27.4. The van der Waals surface area contributed by atoms with Crippen LogP contribution >= 0.6 is 22.9 Å². The van der Waals surface area contributed by atoms with Crippen molar-refractivity contribution in [3.8, 4) is 16.9 Å². The first-order valence-corrected chi connectivity index (χ1v) is 13.8. The van der Waals surface area contributed by atoms with Crippen LogP contribution in [0.15, 0.2) is 48.7 Å². The molecule has 39 heavy (non-hydrogen) atoms. The molecule has 1 aliphatic rings. The predicted octanol–water partition coefficient (Wildman–Crippen LogP) is 7.22. The van der Waals surface area contributed by atoms with Gasteiger partial charge in [-0.05, 0) is 74.2 Å². The number of hydrogen-bond acceptors (Lipinski definition) is 5. The number of benzene rings is 2. The van der Waals surface area contributed by atoms with Crippen LogP contribution in [0.2, 0.25) is 5.02 Å². The van der Waals surface area contributed by atoms with E-state index in [9.17, 15) is 18.0 Å². The molecule has 0 radical (unpaired) electrons. The molecular formula is C29H27ClF3N3O2S. The van der Waals surface area contributed by atoms with Crippen molar-refractivity contribution in [2.24, 2.45) is 0 Å². The fourth-order valence-corrected chi connectivity index (χ4v) is 6.76. The lowest BCUT2D eigenvalue weighted by atomic mass is 9.89. The number of rotatable bonds is 7. The number of pyridine rings is 1. The van der Waals surface area contributed by atoms with Crippen molar-refractivity contribution >= 4 is 38.9 Å². The maximum atomic E-state index is 14.6. The standard InChI is InChI=1S/C29H27ClF3N3O2S/c1-34-19-4-6-20(7-5-19)36(29(37)28-26(30)25-21(31)8-9-22(32)27(25)39-28)15-18-13-16(3-10-23(18)38-2)17-11-12-35-24(33)14-17/h3,8-14,19-20,34H,4-7,15H2,1-2H3/t19-,20+. The SMILES string of the molecule is CN[C@H]1CC[C@@H](N(Cc2cc(-c3ccnc(F)c3)ccc2OC)C(=O)c2sc3c(F)ccc(F)c3c2Cl)CC1. The van der Waals surface area contributed by atoms with Gasteiger partial charge < -0.3 is 15.0 Å². The summed E-state index contributed by atoms with van der Waals surface area (Å²) in [4.78, 5) is 19.6. The summed E-state index contributed by atoms with van der Waals surface area (Å²) in [5.74, 6) is -1.73. The van der Waals surface area contributed by atoms with Crippen molar-refractivity contribution in [2.75, 3.05) is 14.2 Å². The highest BCUT2D eigenvalue weighted by molar-refractivity contribution is 7.21. The van der Waals surface area contributed by atoms with E-state index in [0.717, 1.165) is 54.7 Å². The first-order chi connectivity index (χ1) is 18.8. The smallest absolute Gasteiger partial charge is 0.266 e. The lowest BCUT2D eigenvalue weighted by molar-refractivity contribution is 0.0604. The van der Waals surface area contributed by atoms with E-state index >= 15 is 0 Å².